The van der Waals surface area contributed by atoms with Crippen LogP contribution in [0, 0.1) is 13.8 Å². The Balaban J connectivity index is 1.46. The van der Waals surface area contributed by atoms with Gasteiger partial charge in [-0.3, -0.25) is 9.59 Å². The molecule has 140 valence electrons. The van der Waals surface area contributed by atoms with Gasteiger partial charge in [-0.1, -0.05) is 30.3 Å². The van der Waals surface area contributed by atoms with Crippen molar-refractivity contribution in [3.63, 3.8) is 0 Å². The molecule has 3 fully saturated rings. The van der Waals surface area contributed by atoms with Gasteiger partial charge in [0.05, 0.1) is 24.7 Å². The highest BCUT2D eigenvalue weighted by Gasteiger charge is 2.65. The molecule has 7 nitrogen and oxygen atoms in total. The van der Waals surface area contributed by atoms with Gasteiger partial charge in [0.15, 0.2) is 11.6 Å². The number of hydrogen-bond acceptors (Lipinski definition) is 5. The van der Waals surface area contributed by atoms with E-state index >= 15 is 0 Å². The first-order chi connectivity index (χ1) is 13.0. The Morgan fingerprint density at radius 1 is 1.26 bits per heavy atom. The van der Waals surface area contributed by atoms with Gasteiger partial charge in [-0.05, 0) is 12.5 Å². The summed E-state index contributed by atoms with van der Waals surface area (Å²) in [6.07, 6.45) is 0.742. The Morgan fingerprint density at radius 2 is 2.04 bits per heavy atom. The molecule has 3 atom stereocenters. The molecule has 3 saturated heterocycles. The normalized spacial score (nSPS) is 29.3. The zero-order valence-corrected chi connectivity index (χ0v) is 15.3. The van der Waals surface area contributed by atoms with Crippen molar-refractivity contribution in [2.24, 2.45) is 0 Å². The van der Waals surface area contributed by atoms with Crippen LogP contribution in [0.5, 0.6) is 0 Å². The van der Waals surface area contributed by atoms with Gasteiger partial charge in [0.1, 0.15) is 6.10 Å². The van der Waals surface area contributed by atoms with Crippen molar-refractivity contribution >= 4 is 11.8 Å². The fraction of sp³-hybridized carbons (Fsp3) is 0.450. The average Bonchev–Trinajstić information content (AvgIpc) is 3.36. The van der Waals surface area contributed by atoms with Crippen LogP contribution in [0.25, 0.3) is 0 Å². The van der Waals surface area contributed by atoms with Gasteiger partial charge in [0, 0.05) is 19.9 Å². The number of oxazole rings is 1. The van der Waals surface area contributed by atoms with E-state index in [1.807, 2.05) is 35.2 Å². The Morgan fingerprint density at radius 3 is 2.74 bits per heavy atom. The summed E-state index contributed by atoms with van der Waals surface area (Å²) in [6, 6.07) is 9.64. The summed E-state index contributed by atoms with van der Waals surface area (Å²) in [6.45, 7) is 4.55. The average molecular weight is 367 g/mol. The third-order valence-corrected chi connectivity index (χ3v) is 5.96. The molecule has 27 heavy (non-hydrogen) atoms. The lowest BCUT2D eigenvalue weighted by Crippen LogP contribution is -2.48. The zero-order valence-electron chi connectivity index (χ0n) is 15.3. The van der Waals surface area contributed by atoms with E-state index in [4.69, 9.17) is 9.15 Å². The molecule has 0 unspecified atom stereocenters. The van der Waals surface area contributed by atoms with E-state index in [9.17, 15) is 9.59 Å². The van der Waals surface area contributed by atoms with Crippen molar-refractivity contribution in [3.8, 4) is 0 Å². The summed E-state index contributed by atoms with van der Waals surface area (Å²) in [5.74, 6) is 0.556. The van der Waals surface area contributed by atoms with Gasteiger partial charge in [-0.2, -0.15) is 0 Å². The second kappa shape index (κ2) is 5.66. The first-order valence-electron chi connectivity index (χ1n) is 9.28. The van der Waals surface area contributed by atoms with E-state index < -0.39 is 5.72 Å². The number of rotatable bonds is 2. The van der Waals surface area contributed by atoms with Crippen LogP contribution < -0.4 is 0 Å². The maximum Gasteiger partial charge on any atom is 0.292 e. The fourth-order valence-electron chi connectivity index (χ4n) is 4.77. The highest BCUT2D eigenvalue weighted by atomic mass is 16.5. The molecule has 1 spiro atoms. The molecule has 2 aromatic rings. The molecule has 0 N–H and O–H groups in total. The standard InChI is InChI=1S/C20H21N3O4/c1-12-18(26-13(2)21-12)19(25)22-9-8-20-16(22)10-17(24)23(20)11-15(27-20)14-6-4-3-5-7-14/h3-7,15-16H,8-11H2,1-2H3/t15-,16-,20+/m1/s1. The van der Waals surface area contributed by atoms with E-state index in [1.54, 1.807) is 18.7 Å². The summed E-state index contributed by atoms with van der Waals surface area (Å²) >= 11 is 0. The summed E-state index contributed by atoms with van der Waals surface area (Å²) in [7, 11) is 0. The monoisotopic (exact) mass is 367 g/mol. The van der Waals surface area contributed by atoms with Crippen molar-refractivity contribution in [1.29, 1.82) is 0 Å². The predicted molar refractivity (Wildman–Crippen MR) is 94.7 cm³/mol. The number of aromatic nitrogens is 1. The largest absolute Gasteiger partial charge is 0.436 e. The summed E-state index contributed by atoms with van der Waals surface area (Å²) in [5, 5.41) is 0. The Hall–Kier alpha value is -2.67. The molecule has 0 bridgehead atoms. The number of nitrogens with zero attached hydrogens (tertiary/aromatic N) is 3. The number of hydrogen-bond donors (Lipinski definition) is 0. The van der Waals surface area contributed by atoms with Crippen LogP contribution in [0.4, 0.5) is 0 Å². The third-order valence-electron chi connectivity index (χ3n) is 5.96. The number of carbonyl (C=O) groups is 2. The summed E-state index contributed by atoms with van der Waals surface area (Å²) in [5.41, 5.74) is 0.907. The van der Waals surface area contributed by atoms with E-state index in [-0.39, 0.29) is 29.7 Å². The van der Waals surface area contributed by atoms with Crippen molar-refractivity contribution in [3.05, 3.63) is 53.2 Å². The second-order valence-corrected chi connectivity index (χ2v) is 7.48. The molecule has 7 heteroatoms. The number of ether oxygens (including phenoxy) is 1. The van der Waals surface area contributed by atoms with Crippen molar-refractivity contribution in [2.75, 3.05) is 13.1 Å². The fourth-order valence-corrected chi connectivity index (χ4v) is 4.77. The van der Waals surface area contributed by atoms with Gasteiger partial charge in [-0.15, -0.1) is 0 Å². The molecule has 1 aromatic heterocycles. The maximum atomic E-state index is 13.1. The van der Waals surface area contributed by atoms with Crippen LogP contribution >= 0.6 is 0 Å². The van der Waals surface area contributed by atoms with Crippen LogP contribution in [0.2, 0.25) is 0 Å². The van der Waals surface area contributed by atoms with Gasteiger partial charge in [-0.25, -0.2) is 4.98 Å². The van der Waals surface area contributed by atoms with E-state index in [0.29, 0.717) is 37.5 Å². The Bertz CT molecular complexity index is 925. The molecule has 1 aromatic carbocycles. The predicted octanol–water partition coefficient (Wildman–Crippen LogP) is 2.21. The number of benzene rings is 1. The molecule has 0 aliphatic carbocycles. The number of likely N-dealkylation sites (tertiary alicyclic amines) is 1. The Kier molecular flexibility index (Phi) is 3.46. The van der Waals surface area contributed by atoms with Gasteiger partial charge < -0.3 is 19.0 Å². The van der Waals surface area contributed by atoms with Crippen LogP contribution in [0.1, 0.15) is 46.6 Å². The van der Waals surface area contributed by atoms with Gasteiger partial charge >= 0.3 is 0 Å². The van der Waals surface area contributed by atoms with Crippen molar-refractivity contribution in [2.45, 2.75) is 44.6 Å². The lowest BCUT2D eigenvalue weighted by molar-refractivity contribution is -0.138. The van der Waals surface area contributed by atoms with E-state index in [0.717, 1.165) is 5.56 Å². The SMILES string of the molecule is Cc1nc(C)c(C(=O)N2CC[C@@]34O[C@@H](c5ccccc5)CN3C(=O)C[C@@H]24)o1. The van der Waals surface area contributed by atoms with Gasteiger partial charge in [0.2, 0.25) is 11.7 Å². The topological polar surface area (TPSA) is 75.9 Å². The molecule has 0 radical (unpaired) electrons. The lowest BCUT2D eigenvalue weighted by atomic mass is 10.1. The van der Waals surface area contributed by atoms with E-state index in [2.05, 4.69) is 4.98 Å². The molecular weight excluding hydrogens is 346 g/mol. The molecular formula is C20H21N3O4. The van der Waals surface area contributed by atoms with Crippen LogP contribution in [-0.4, -0.2) is 51.5 Å². The first-order valence-corrected chi connectivity index (χ1v) is 9.28. The number of carbonyl (C=O) groups excluding carboxylic acids is 2. The molecule has 2 amide bonds. The molecule has 3 aliphatic rings. The maximum absolute atomic E-state index is 13.1. The highest BCUT2D eigenvalue weighted by molar-refractivity contribution is 5.94. The minimum absolute atomic E-state index is 0.0430. The minimum atomic E-state index is -0.726. The van der Waals surface area contributed by atoms with E-state index in [1.165, 1.54) is 0 Å². The molecule has 3 aliphatic heterocycles. The summed E-state index contributed by atoms with van der Waals surface area (Å²) in [4.78, 5) is 33.5. The van der Waals surface area contributed by atoms with Crippen LogP contribution in [0.15, 0.2) is 34.7 Å². The number of amides is 2. The third kappa shape index (κ3) is 2.27. The second-order valence-electron chi connectivity index (χ2n) is 7.48. The van der Waals surface area contributed by atoms with Gasteiger partial charge in [0.25, 0.3) is 5.91 Å². The summed E-state index contributed by atoms with van der Waals surface area (Å²) < 4.78 is 12.0. The number of aryl methyl sites for hydroxylation is 2. The minimum Gasteiger partial charge on any atom is -0.436 e. The first kappa shape index (κ1) is 16.5. The van der Waals surface area contributed by atoms with Crippen molar-refractivity contribution < 1.29 is 18.7 Å². The Labute approximate surface area is 156 Å². The quantitative estimate of drug-likeness (QED) is 0.813. The molecule has 5 rings (SSSR count). The molecule has 0 saturated carbocycles. The highest BCUT2D eigenvalue weighted by Crippen LogP contribution is 2.50. The lowest BCUT2D eigenvalue weighted by Gasteiger charge is -2.31. The molecule has 4 heterocycles. The smallest absolute Gasteiger partial charge is 0.292 e. The van der Waals surface area contributed by atoms with Crippen LogP contribution in [0.3, 0.4) is 0 Å². The van der Waals surface area contributed by atoms with Crippen LogP contribution in [-0.2, 0) is 9.53 Å². The zero-order chi connectivity index (χ0) is 18.8. The van der Waals surface area contributed by atoms with Crippen molar-refractivity contribution in [1.82, 2.24) is 14.8 Å².